The third-order valence-electron chi connectivity index (χ3n) is 0. The fourth-order valence-electron chi connectivity index (χ4n) is 0. The van der Waals surface area contributed by atoms with Crippen molar-refractivity contribution in [1.82, 2.24) is 0 Å². The van der Waals surface area contributed by atoms with Gasteiger partial charge in [-0.2, -0.15) is 0 Å². The van der Waals surface area contributed by atoms with Gasteiger partial charge in [0.05, 0.1) is 0 Å². The number of hydrogen-bond donors (Lipinski definition) is 0. The fourth-order valence-corrected chi connectivity index (χ4v) is 0. The molecule has 30 nitrogen and oxygen atoms in total. The van der Waals surface area contributed by atoms with E-state index in [0.29, 0.717) is 0 Å². The summed E-state index contributed by atoms with van der Waals surface area (Å²) < 4.78 is 0. The molecule has 0 radical (unpaired) electrons. The standard InChI is InChI=1S/10BO3.K.H/c10*2-1(3)4;;/q10*-3;+1;-1/p+10. The van der Waals surface area contributed by atoms with Gasteiger partial charge in [-0.1, -0.05) is 0 Å². The van der Waals surface area contributed by atoms with Gasteiger partial charge in [-0.05, 0) is 0 Å². The van der Waals surface area contributed by atoms with Gasteiger partial charge >= 0.3 is 65.7 Å². The molecule has 0 fully saturated rings. The van der Waals surface area contributed by atoms with Crippen LogP contribution in [0, 0.1) is 0 Å². The molecule has 0 aromatic rings. The average Bonchev–Trinajstić information content (AvgIpc) is 2.47. The molecule has 0 rings (SSSR count). The molecule has 0 atom stereocenters. The minimum absolute atomic E-state index is 0. The van der Waals surface area contributed by atoms with Crippen LogP contribution in [0.2, 0.25) is 0 Å². The Hall–Kier alpha value is 1.09. The molecule has 0 aromatic carbocycles. The second-order valence-electron chi connectivity index (χ2n) is 2.89. The van der Waals surface area contributed by atoms with E-state index < -0.39 is 73.2 Å². The molecule has 0 N–H and O–H groups in total. The molecular formula is H11B10KO30-20. The first-order chi connectivity index (χ1) is 17.3. The van der Waals surface area contributed by atoms with E-state index in [1.165, 1.54) is 0 Å². The summed E-state index contributed by atoms with van der Waals surface area (Å²) >= 11 is 0. The van der Waals surface area contributed by atoms with E-state index in [9.17, 15) is 0 Å². The van der Waals surface area contributed by atoms with E-state index in [-0.39, 0.29) is 67.1 Å². The molecule has 0 aliphatic heterocycles. The second kappa shape index (κ2) is 68.3. The summed E-state index contributed by atoms with van der Waals surface area (Å²) in [6.45, 7) is 0. The van der Waals surface area contributed by atoms with Gasteiger partial charge in [0.1, 0.15) is 0 Å². The monoisotopic (exact) mass is 640 g/mol. The largest absolute Gasteiger partial charge is 1.00 e. The average molecular weight is 638 g/mol. The zero-order valence-electron chi connectivity index (χ0n) is 30.0. The Morgan fingerprint density at radius 3 is 0.171 bits per heavy atom. The number of rotatable bonds is 0. The van der Waals surface area contributed by atoms with Crippen LogP contribution in [0.4, 0.5) is 0 Å². The van der Waals surface area contributed by atoms with E-state index in [4.69, 9.17) is 151 Å². The molecule has 0 spiro atoms. The first-order valence-electron chi connectivity index (χ1n) is 7.07. The predicted octanol–water partition coefficient (Wildman–Crippen LogP) is -41.2. The Bertz CT molecular complexity index is 225. The minimum Gasteiger partial charge on any atom is -1.00 e. The predicted molar refractivity (Wildman–Crippen MR) is 69.8 cm³/mol. The Morgan fingerprint density at radius 2 is 0.171 bits per heavy atom. The molecule has 0 heterocycles. The van der Waals surface area contributed by atoms with Crippen LogP contribution < -0.4 is 202 Å². The number of hydrogen-bond acceptors (Lipinski definition) is 30. The minimum atomic E-state index is -2.92. The topological polar surface area (TPSA) is 692 Å². The smallest absolute Gasteiger partial charge is 1.00 e. The van der Waals surface area contributed by atoms with Gasteiger partial charge in [-0.3, -0.25) is 73.2 Å². The maximum atomic E-state index is 8.42. The Balaban J connectivity index is -0.00000000937. The van der Waals surface area contributed by atoms with Crippen LogP contribution >= 0.6 is 0 Å². The summed E-state index contributed by atoms with van der Waals surface area (Å²) in [4.78, 5) is 0. The van der Waals surface area contributed by atoms with Gasteiger partial charge in [0, 0.05) is 0 Å². The molecule has 41 heteroatoms. The molecule has 0 amide bonds. The van der Waals surface area contributed by atoms with Gasteiger partial charge in [0.2, 0.25) is 0 Å². The van der Waals surface area contributed by atoms with E-state index >= 15 is 0 Å². The summed E-state index contributed by atoms with van der Waals surface area (Å²) in [7, 11) is -29.2. The van der Waals surface area contributed by atoms with Crippen molar-refractivity contribution in [3.05, 3.63) is 0 Å². The Labute approximate surface area is 290 Å². The fraction of sp³-hybridized carbons (Fsp3) is 0. The molecule has 0 aliphatic carbocycles. The van der Waals surface area contributed by atoms with Gasteiger partial charge in [0.15, 0.2) is 0 Å². The third kappa shape index (κ3) is 53200. The third-order valence-corrected chi connectivity index (χ3v) is 0. The van der Waals surface area contributed by atoms with Crippen LogP contribution in [0.3, 0.4) is 0 Å². The normalized spacial score (nSPS) is 6.59. The van der Waals surface area contributed by atoms with E-state index in [1.54, 1.807) is 0 Å². The van der Waals surface area contributed by atoms with Crippen molar-refractivity contribution in [2.45, 2.75) is 0 Å². The maximum Gasteiger partial charge on any atom is 1.00 e. The van der Waals surface area contributed by atoms with Crippen LogP contribution in [0.15, 0.2) is 0 Å². The maximum absolute atomic E-state index is 8.42. The molecule has 0 aliphatic rings. The van der Waals surface area contributed by atoms with Crippen molar-refractivity contribution in [2.24, 2.45) is 0 Å². The van der Waals surface area contributed by atoms with Crippen LogP contribution in [-0.4, -0.2) is 73.2 Å². The zero-order chi connectivity index (χ0) is 35.8. The second-order valence-corrected chi connectivity index (χ2v) is 2.89. The summed E-state index contributed by atoms with van der Waals surface area (Å²) in [5.41, 5.74) is 0. The van der Waals surface area contributed by atoms with Crippen molar-refractivity contribution in [2.75, 3.05) is 0 Å². The van der Waals surface area contributed by atoms with Crippen molar-refractivity contribution in [3.63, 3.8) is 0 Å². The molecule has 0 aromatic heterocycles. The van der Waals surface area contributed by atoms with Gasteiger partial charge in [-0.15, -0.1) is 0 Å². The van der Waals surface area contributed by atoms with Gasteiger partial charge < -0.3 is 152 Å². The Morgan fingerprint density at radius 1 is 0.171 bits per heavy atom. The van der Waals surface area contributed by atoms with Crippen LogP contribution in [0.1, 0.15) is 15.7 Å². The molecule has 0 bridgehead atoms. The van der Waals surface area contributed by atoms with Crippen molar-refractivity contribution < 1.29 is 218 Å². The van der Waals surface area contributed by atoms with E-state index in [1.807, 2.05) is 0 Å². The summed E-state index contributed by atoms with van der Waals surface area (Å²) in [5.74, 6) is 0. The quantitative estimate of drug-likeness (QED) is 0.222. The van der Waals surface area contributed by atoms with Gasteiger partial charge in [-0.25, -0.2) is 0 Å². The molecule has 242 valence electrons. The van der Waals surface area contributed by atoms with Crippen LogP contribution in [0.25, 0.3) is 0 Å². The van der Waals surface area contributed by atoms with Crippen LogP contribution in [-0.2, 0) is 0 Å². The van der Waals surface area contributed by atoms with E-state index in [2.05, 4.69) is 0 Å². The zero-order valence-corrected chi connectivity index (χ0v) is 22.1. The van der Waals surface area contributed by atoms with Crippen molar-refractivity contribution >= 4 is 73.2 Å². The summed E-state index contributed by atoms with van der Waals surface area (Å²) in [6.07, 6.45) is 0. The van der Waals surface area contributed by atoms with Crippen molar-refractivity contribution in [1.29, 1.82) is 0 Å². The molecule has 0 unspecified atom stereocenters. The molecule has 0 saturated heterocycles. The first-order valence-corrected chi connectivity index (χ1v) is 7.07. The van der Waals surface area contributed by atoms with E-state index in [0.717, 1.165) is 0 Å². The SMILES string of the molecule is [H+].[H+].[H+].[H+].[H+].[H+].[H+].[H+].[H+].[H+].[H-].[K+].[O-]B([O-])[O-].[O-]B([O-])[O-].[O-]B([O-])[O-].[O-]B([O-])[O-].[O-]B([O-])[O-].[O-]B([O-])[O-].[O-]B([O-])[O-].[O-]B([O-])[O-].[O-]B([O-])[O-].[O-]B([O-])[O-]. The molecule has 41 heavy (non-hydrogen) atoms. The molecular weight excluding hydrogens is 627 g/mol. The first kappa shape index (κ1) is 73.5. The van der Waals surface area contributed by atoms with Crippen LogP contribution in [0.5, 0.6) is 0 Å². The summed E-state index contributed by atoms with van der Waals surface area (Å²) in [5, 5.41) is 252. The van der Waals surface area contributed by atoms with Gasteiger partial charge in [0.25, 0.3) is 0 Å². The summed E-state index contributed by atoms with van der Waals surface area (Å²) in [6, 6.07) is 0. The van der Waals surface area contributed by atoms with Crippen molar-refractivity contribution in [3.8, 4) is 0 Å². The Kier molecular flexibility index (Phi) is 123. The molecule has 0 saturated carbocycles.